The van der Waals surface area contributed by atoms with Crippen LogP contribution >= 0.6 is 11.3 Å². The first kappa shape index (κ1) is 17.4. The summed E-state index contributed by atoms with van der Waals surface area (Å²) in [7, 11) is -0.926. The summed E-state index contributed by atoms with van der Waals surface area (Å²) in [5.74, 6) is -0.337. The number of piperidine rings is 1. The molecule has 9 heteroatoms. The van der Waals surface area contributed by atoms with Crippen LogP contribution < -0.4 is 0 Å². The summed E-state index contributed by atoms with van der Waals surface area (Å²) in [4.78, 5) is 17.2. The van der Waals surface area contributed by atoms with Gasteiger partial charge in [-0.1, -0.05) is 0 Å². The minimum atomic E-state index is -3.71. The number of nitrogens with zero attached hydrogens (tertiary/aromatic N) is 2. The Morgan fingerprint density at radius 3 is 2.68 bits per heavy atom. The molecule has 0 saturated carbocycles. The Hall–Kier alpha value is -1.00. The monoisotopic (exact) mass is 348 g/mol. The molecule has 7 nitrogen and oxygen atoms in total. The van der Waals surface area contributed by atoms with Crippen LogP contribution in [0.5, 0.6) is 0 Å². The largest absolute Gasteiger partial charge is 0.396 e. The molecule has 2 rings (SSSR count). The Labute approximate surface area is 134 Å². The Morgan fingerprint density at radius 2 is 2.14 bits per heavy atom. The van der Waals surface area contributed by atoms with E-state index in [2.05, 4.69) is 0 Å². The van der Waals surface area contributed by atoms with Crippen LogP contribution in [-0.2, 0) is 14.9 Å². The minimum Gasteiger partial charge on any atom is -0.396 e. The summed E-state index contributed by atoms with van der Waals surface area (Å²) in [6, 6.07) is 1.45. The molecule has 1 N–H and O–H groups in total. The van der Waals surface area contributed by atoms with E-state index in [4.69, 9.17) is 9.94 Å². The van der Waals surface area contributed by atoms with Crippen molar-refractivity contribution in [3.8, 4) is 0 Å². The van der Waals surface area contributed by atoms with E-state index in [1.807, 2.05) is 0 Å². The van der Waals surface area contributed by atoms with Gasteiger partial charge in [0.25, 0.3) is 5.91 Å². The molecule has 0 spiro atoms. The Morgan fingerprint density at radius 1 is 1.50 bits per heavy atom. The maximum Gasteiger partial charge on any atom is 0.288 e. The number of hydrogen-bond acceptors (Lipinski definition) is 6. The number of carbonyl (C=O) groups excluding carboxylic acids is 1. The average molecular weight is 348 g/mol. The first-order valence-electron chi connectivity index (χ1n) is 6.92. The molecule has 1 aliphatic heterocycles. The van der Waals surface area contributed by atoms with Gasteiger partial charge in [-0.2, -0.15) is 4.31 Å². The summed E-state index contributed by atoms with van der Waals surface area (Å²) in [6.45, 7) is 0.795. The van der Waals surface area contributed by atoms with Crippen molar-refractivity contribution in [1.29, 1.82) is 0 Å². The van der Waals surface area contributed by atoms with Crippen LogP contribution in [0.25, 0.3) is 0 Å². The zero-order chi connectivity index (χ0) is 16.3. The second-order valence-electron chi connectivity index (χ2n) is 5.13. The highest BCUT2D eigenvalue weighted by atomic mass is 32.2. The second-order valence-corrected chi connectivity index (χ2v) is 7.95. The van der Waals surface area contributed by atoms with Crippen molar-refractivity contribution in [2.45, 2.75) is 17.7 Å². The van der Waals surface area contributed by atoms with E-state index in [0.29, 0.717) is 25.9 Å². The first-order chi connectivity index (χ1) is 10.4. The van der Waals surface area contributed by atoms with Crippen LogP contribution in [0.15, 0.2) is 16.3 Å². The molecule has 1 aliphatic rings. The zero-order valence-electron chi connectivity index (χ0n) is 12.6. The van der Waals surface area contributed by atoms with Crippen LogP contribution in [-0.4, -0.2) is 62.7 Å². The zero-order valence-corrected chi connectivity index (χ0v) is 14.2. The molecule has 0 radical (unpaired) electrons. The van der Waals surface area contributed by atoms with E-state index in [9.17, 15) is 13.2 Å². The van der Waals surface area contributed by atoms with Gasteiger partial charge >= 0.3 is 0 Å². The van der Waals surface area contributed by atoms with Crippen LogP contribution in [0.4, 0.5) is 0 Å². The SMILES string of the molecule is CON(C)C(=O)c1sccc1S(=O)(=O)N1CCC(CO)CC1. The number of hydrogen-bond donors (Lipinski definition) is 1. The van der Waals surface area contributed by atoms with Crippen molar-refractivity contribution in [3.63, 3.8) is 0 Å². The molecular weight excluding hydrogens is 328 g/mol. The minimum absolute atomic E-state index is 0.0221. The normalized spacial score (nSPS) is 17.6. The molecule has 124 valence electrons. The molecule has 22 heavy (non-hydrogen) atoms. The number of carbonyl (C=O) groups is 1. The van der Waals surface area contributed by atoms with E-state index < -0.39 is 15.9 Å². The topological polar surface area (TPSA) is 87.2 Å². The summed E-state index contributed by atoms with van der Waals surface area (Å²) in [5, 5.41) is 11.7. The number of rotatable bonds is 5. The van der Waals surface area contributed by atoms with Gasteiger partial charge in [-0.05, 0) is 30.2 Å². The van der Waals surface area contributed by atoms with Gasteiger partial charge in [0.1, 0.15) is 9.77 Å². The molecule has 1 aromatic rings. The maximum atomic E-state index is 12.7. The number of hydroxylamine groups is 2. The van der Waals surface area contributed by atoms with Crippen molar-refractivity contribution >= 4 is 27.3 Å². The van der Waals surface area contributed by atoms with E-state index >= 15 is 0 Å². The third-order valence-electron chi connectivity index (χ3n) is 3.83. The Balaban J connectivity index is 2.24. The lowest BCUT2D eigenvalue weighted by Gasteiger charge is -2.30. The van der Waals surface area contributed by atoms with Crippen LogP contribution in [0.2, 0.25) is 0 Å². The van der Waals surface area contributed by atoms with Gasteiger partial charge in [0.05, 0.1) is 7.11 Å². The van der Waals surface area contributed by atoms with Crippen molar-refractivity contribution < 1.29 is 23.2 Å². The first-order valence-corrected chi connectivity index (χ1v) is 9.24. The van der Waals surface area contributed by atoms with Crippen molar-refractivity contribution in [3.05, 3.63) is 16.3 Å². The number of aliphatic hydroxyl groups is 1. The summed E-state index contributed by atoms with van der Waals surface area (Å²) < 4.78 is 26.9. The van der Waals surface area contributed by atoms with Crippen molar-refractivity contribution in [2.75, 3.05) is 33.9 Å². The molecular formula is C13H20N2O5S2. The van der Waals surface area contributed by atoms with Gasteiger partial charge in [0.2, 0.25) is 10.0 Å². The molecule has 2 heterocycles. The quantitative estimate of drug-likeness (QED) is 0.795. The van der Waals surface area contributed by atoms with Gasteiger partial charge < -0.3 is 5.11 Å². The smallest absolute Gasteiger partial charge is 0.288 e. The van der Waals surface area contributed by atoms with Crippen LogP contribution in [0, 0.1) is 5.92 Å². The standard InChI is InChI=1S/C13H20N2O5S2/c1-14(20-2)13(17)12-11(5-8-21-12)22(18,19)15-6-3-10(9-16)4-7-15/h5,8,10,16H,3-4,6-7,9H2,1-2H3. The molecule has 1 aromatic heterocycles. The number of amides is 1. The lowest BCUT2D eigenvalue weighted by molar-refractivity contribution is -0.0755. The Bertz CT molecular complexity index is 620. The lowest BCUT2D eigenvalue weighted by atomic mass is 10.00. The molecule has 0 unspecified atom stereocenters. The van der Waals surface area contributed by atoms with E-state index in [1.165, 1.54) is 24.5 Å². The number of aliphatic hydroxyl groups excluding tert-OH is 1. The van der Waals surface area contributed by atoms with E-state index in [-0.39, 0.29) is 22.3 Å². The number of sulfonamides is 1. The molecule has 1 fully saturated rings. The fourth-order valence-electron chi connectivity index (χ4n) is 2.35. The average Bonchev–Trinajstić information content (AvgIpc) is 3.03. The van der Waals surface area contributed by atoms with Gasteiger partial charge in [-0.15, -0.1) is 11.3 Å². The van der Waals surface area contributed by atoms with E-state index in [1.54, 1.807) is 5.38 Å². The van der Waals surface area contributed by atoms with Gasteiger partial charge in [-0.3, -0.25) is 9.63 Å². The molecule has 1 amide bonds. The Kier molecular flexibility index (Phi) is 5.56. The highest BCUT2D eigenvalue weighted by Crippen LogP contribution is 2.29. The highest BCUT2D eigenvalue weighted by molar-refractivity contribution is 7.89. The van der Waals surface area contributed by atoms with Crippen LogP contribution in [0.3, 0.4) is 0 Å². The van der Waals surface area contributed by atoms with Crippen molar-refractivity contribution in [1.82, 2.24) is 9.37 Å². The summed E-state index contributed by atoms with van der Waals surface area (Å²) in [6.07, 6.45) is 1.25. The van der Waals surface area contributed by atoms with E-state index in [0.717, 1.165) is 16.4 Å². The third kappa shape index (κ3) is 3.33. The second kappa shape index (κ2) is 7.05. The summed E-state index contributed by atoms with van der Waals surface area (Å²) in [5.41, 5.74) is 0. The maximum absolute atomic E-state index is 12.7. The van der Waals surface area contributed by atoms with Crippen LogP contribution in [0.1, 0.15) is 22.5 Å². The predicted octanol–water partition coefficient (Wildman–Crippen LogP) is 0.774. The fourth-order valence-corrected chi connectivity index (χ4v) is 5.19. The van der Waals surface area contributed by atoms with Gasteiger partial charge in [-0.25, -0.2) is 13.5 Å². The third-order valence-corrected chi connectivity index (χ3v) is 6.81. The van der Waals surface area contributed by atoms with Crippen molar-refractivity contribution in [2.24, 2.45) is 5.92 Å². The molecule has 0 bridgehead atoms. The van der Waals surface area contributed by atoms with Gasteiger partial charge in [0.15, 0.2) is 0 Å². The highest BCUT2D eigenvalue weighted by Gasteiger charge is 2.33. The lowest BCUT2D eigenvalue weighted by Crippen LogP contribution is -2.39. The molecule has 0 aliphatic carbocycles. The number of thiophene rings is 1. The molecule has 0 aromatic carbocycles. The molecule has 1 saturated heterocycles. The van der Waals surface area contributed by atoms with Gasteiger partial charge in [0, 0.05) is 26.7 Å². The summed E-state index contributed by atoms with van der Waals surface area (Å²) >= 11 is 1.08. The predicted molar refractivity (Wildman–Crippen MR) is 82.0 cm³/mol. The fraction of sp³-hybridized carbons (Fsp3) is 0.615. The molecule has 0 atom stereocenters.